The van der Waals surface area contributed by atoms with Crippen molar-refractivity contribution in [2.24, 2.45) is 29.6 Å². The first kappa shape index (κ1) is 14.0. The van der Waals surface area contributed by atoms with Crippen LogP contribution < -0.4 is 5.32 Å². The molecule has 0 aromatic carbocycles. The van der Waals surface area contributed by atoms with Gasteiger partial charge in [-0.05, 0) is 49.0 Å². The van der Waals surface area contributed by atoms with Crippen LogP contribution in [-0.4, -0.2) is 12.6 Å². The lowest BCUT2D eigenvalue weighted by molar-refractivity contribution is 0.0401. The number of hydrogen-bond donors (Lipinski definition) is 1. The van der Waals surface area contributed by atoms with Gasteiger partial charge in [0.25, 0.3) is 0 Å². The molecule has 1 fully saturated rings. The Balaban J connectivity index is 2.33. The summed E-state index contributed by atoms with van der Waals surface area (Å²) in [6.07, 6.45) is 2.69. The maximum atomic E-state index is 3.78. The van der Waals surface area contributed by atoms with Gasteiger partial charge in [0.05, 0.1) is 0 Å². The van der Waals surface area contributed by atoms with Crippen molar-refractivity contribution < 1.29 is 0 Å². The molecule has 1 rings (SSSR count). The number of hydrogen-bond acceptors (Lipinski definition) is 1. The first-order valence-electron chi connectivity index (χ1n) is 7.20. The molecule has 0 saturated heterocycles. The maximum absolute atomic E-state index is 3.78. The summed E-state index contributed by atoms with van der Waals surface area (Å²) in [5.41, 5.74) is 0. The molecule has 96 valence electrons. The fraction of sp³-hybridized carbons (Fsp3) is 1.00. The molecule has 0 amide bonds. The summed E-state index contributed by atoms with van der Waals surface area (Å²) in [6, 6.07) is 0.712. The maximum Gasteiger partial charge on any atom is 0.00875 e. The Kier molecular flexibility index (Phi) is 5.30. The molecule has 0 heterocycles. The molecule has 0 aromatic rings. The molecule has 1 aliphatic carbocycles. The van der Waals surface area contributed by atoms with Crippen LogP contribution in [0.4, 0.5) is 0 Å². The molecule has 4 atom stereocenters. The quantitative estimate of drug-likeness (QED) is 0.722. The van der Waals surface area contributed by atoms with Crippen molar-refractivity contribution in [1.29, 1.82) is 0 Å². The van der Waals surface area contributed by atoms with Gasteiger partial charge < -0.3 is 5.32 Å². The lowest BCUT2D eigenvalue weighted by Crippen LogP contribution is -2.47. The van der Waals surface area contributed by atoms with Crippen LogP contribution in [0.2, 0.25) is 0 Å². The Morgan fingerprint density at radius 3 is 2.19 bits per heavy atom. The summed E-state index contributed by atoms with van der Waals surface area (Å²) in [5.74, 6) is 4.46. The molecular formula is C15H31N. The van der Waals surface area contributed by atoms with E-state index in [1.54, 1.807) is 0 Å². The van der Waals surface area contributed by atoms with Gasteiger partial charge in [-0.3, -0.25) is 0 Å². The van der Waals surface area contributed by atoms with Crippen molar-refractivity contribution >= 4 is 0 Å². The van der Waals surface area contributed by atoms with E-state index in [0.717, 1.165) is 29.6 Å². The van der Waals surface area contributed by atoms with Crippen molar-refractivity contribution in [3.63, 3.8) is 0 Å². The van der Waals surface area contributed by atoms with Gasteiger partial charge in [0.1, 0.15) is 0 Å². The van der Waals surface area contributed by atoms with Gasteiger partial charge in [-0.15, -0.1) is 0 Å². The molecule has 1 aliphatic rings. The van der Waals surface area contributed by atoms with Crippen LogP contribution in [0.1, 0.15) is 54.4 Å². The summed E-state index contributed by atoms with van der Waals surface area (Å²) < 4.78 is 0. The average molecular weight is 225 g/mol. The van der Waals surface area contributed by atoms with Crippen LogP contribution in [0.5, 0.6) is 0 Å². The van der Waals surface area contributed by atoms with E-state index in [9.17, 15) is 0 Å². The van der Waals surface area contributed by atoms with Crippen LogP contribution in [0, 0.1) is 29.6 Å². The topological polar surface area (TPSA) is 12.0 Å². The van der Waals surface area contributed by atoms with Gasteiger partial charge in [0.15, 0.2) is 0 Å². The Morgan fingerprint density at radius 2 is 1.81 bits per heavy atom. The second kappa shape index (κ2) is 6.05. The summed E-state index contributed by atoms with van der Waals surface area (Å²) in [4.78, 5) is 0. The fourth-order valence-corrected chi connectivity index (χ4v) is 3.64. The number of rotatable bonds is 6. The van der Waals surface area contributed by atoms with Gasteiger partial charge in [0.2, 0.25) is 0 Å². The van der Waals surface area contributed by atoms with Crippen molar-refractivity contribution in [2.45, 2.75) is 60.4 Å². The largest absolute Gasteiger partial charge is 0.313 e. The molecular weight excluding hydrogens is 194 g/mol. The van der Waals surface area contributed by atoms with Crippen LogP contribution in [-0.2, 0) is 0 Å². The van der Waals surface area contributed by atoms with E-state index in [2.05, 4.69) is 46.9 Å². The first-order chi connectivity index (χ1) is 7.47. The smallest absolute Gasteiger partial charge is 0.00875 e. The van der Waals surface area contributed by atoms with E-state index in [-0.39, 0.29) is 0 Å². The van der Waals surface area contributed by atoms with Gasteiger partial charge >= 0.3 is 0 Å². The minimum absolute atomic E-state index is 0.712. The third kappa shape index (κ3) is 3.23. The van der Waals surface area contributed by atoms with E-state index in [1.165, 1.54) is 19.4 Å². The van der Waals surface area contributed by atoms with Crippen LogP contribution in [0.15, 0.2) is 0 Å². The van der Waals surface area contributed by atoms with E-state index >= 15 is 0 Å². The summed E-state index contributed by atoms with van der Waals surface area (Å²) in [6.45, 7) is 15.4. The molecule has 1 N–H and O–H groups in total. The second-order valence-electron chi connectivity index (χ2n) is 6.46. The molecule has 1 saturated carbocycles. The van der Waals surface area contributed by atoms with E-state index in [0.29, 0.717) is 6.04 Å². The molecule has 16 heavy (non-hydrogen) atoms. The molecule has 0 radical (unpaired) electrons. The Hall–Kier alpha value is -0.0400. The van der Waals surface area contributed by atoms with Gasteiger partial charge in [0, 0.05) is 6.04 Å². The average Bonchev–Trinajstić information content (AvgIpc) is 2.14. The summed E-state index contributed by atoms with van der Waals surface area (Å²) >= 11 is 0. The number of nitrogens with one attached hydrogen (secondary N) is 1. The summed E-state index contributed by atoms with van der Waals surface area (Å²) in [7, 11) is 0. The fourth-order valence-electron chi connectivity index (χ4n) is 3.64. The Bertz CT molecular complexity index is 193. The highest BCUT2D eigenvalue weighted by atomic mass is 14.9. The van der Waals surface area contributed by atoms with Crippen molar-refractivity contribution in [3.05, 3.63) is 0 Å². The molecule has 1 heteroatoms. The van der Waals surface area contributed by atoms with Crippen molar-refractivity contribution in [3.8, 4) is 0 Å². The lowest BCUT2D eigenvalue weighted by atomic mass is 9.61. The SMILES string of the molecule is CCC(NCC1C[C@H](C)C1C(C)C)C(C)C. The third-order valence-corrected chi connectivity index (χ3v) is 4.53. The second-order valence-corrected chi connectivity index (χ2v) is 6.46. The van der Waals surface area contributed by atoms with Crippen LogP contribution in [0.25, 0.3) is 0 Å². The highest BCUT2D eigenvalue weighted by Crippen LogP contribution is 2.44. The summed E-state index contributed by atoms with van der Waals surface area (Å²) in [5, 5.41) is 3.78. The molecule has 0 aromatic heterocycles. The first-order valence-corrected chi connectivity index (χ1v) is 7.20. The molecule has 0 bridgehead atoms. The Labute approximate surface area is 102 Å². The highest BCUT2D eigenvalue weighted by molar-refractivity contribution is 4.90. The normalized spacial score (nSPS) is 31.9. The predicted molar refractivity (Wildman–Crippen MR) is 72.5 cm³/mol. The van der Waals surface area contributed by atoms with Crippen LogP contribution in [0.3, 0.4) is 0 Å². The lowest BCUT2D eigenvalue weighted by Gasteiger charge is -2.46. The zero-order chi connectivity index (χ0) is 12.3. The van der Waals surface area contributed by atoms with E-state index in [1.807, 2.05) is 0 Å². The standard InChI is InChI=1S/C15H31N/c1-7-14(10(2)3)16-9-13-8-12(6)15(13)11(4)5/h10-16H,7-9H2,1-6H3/t12-,13?,14?,15?/m0/s1. The molecule has 0 aliphatic heterocycles. The predicted octanol–water partition coefficient (Wildman–Crippen LogP) is 3.94. The molecule has 0 spiro atoms. The van der Waals surface area contributed by atoms with Crippen molar-refractivity contribution in [2.75, 3.05) is 6.54 Å². The third-order valence-electron chi connectivity index (χ3n) is 4.53. The van der Waals surface area contributed by atoms with Gasteiger partial charge in [-0.2, -0.15) is 0 Å². The zero-order valence-corrected chi connectivity index (χ0v) is 12.1. The van der Waals surface area contributed by atoms with E-state index < -0.39 is 0 Å². The van der Waals surface area contributed by atoms with E-state index in [4.69, 9.17) is 0 Å². The monoisotopic (exact) mass is 225 g/mol. The van der Waals surface area contributed by atoms with Gasteiger partial charge in [-0.25, -0.2) is 0 Å². The molecule has 1 nitrogen and oxygen atoms in total. The van der Waals surface area contributed by atoms with Crippen molar-refractivity contribution in [1.82, 2.24) is 5.32 Å². The Morgan fingerprint density at radius 1 is 1.19 bits per heavy atom. The van der Waals surface area contributed by atoms with Gasteiger partial charge in [-0.1, -0.05) is 41.5 Å². The molecule has 3 unspecified atom stereocenters. The van der Waals surface area contributed by atoms with Crippen LogP contribution >= 0.6 is 0 Å². The minimum Gasteiger partial charge on any atom is -0.313 e. The zero-order valence-electron chi connectivity index (χ0n) is 12.1. The minimum atomic E-state index is 0.712. The highest BCUT2D eigenvalue weighted by Gasteiger charge is 2.39.